The number of benzene rings is 1. The van der Waals surface area contributed by atoms with Crippen molar-refractivity contribution >= 4 is 22.4 Å². The standard InChI is InChI=1S/C15H18ClNOS/c1-11-6-7-12(9-17)15(8-11)19(18)10-13-4-2-3-5-14(13)16/h2-5,11-12,15H,6-8,10H2,1H3. The summed E-state index contributed by atoms with van der Waals surface area (Å²) in [6.45, 7) is 2.17. The van der Waals surface area contributed by atoms with Gasteiger partial charge in [0.1, 0.15) is 0 Å². The quantitative estimate of drug-likeness (QED) is 0.848. The average molecular weight is 296 g/mol. The first kappa shape index (κ1) is 14.6. The summed E-state index contributed by atoms with van der Waals surface area (Å²) in [5, 5.41) is 9.86. The van der Waals surface area contributed by atoms with E-state index >= 15 is 0 Å². The molecule has 1 aromatic rings. The fraction of sp³-hybridized carbons (Fsp3) is 0.533. The zero-order valence-electron chi connectivity index (χ0n) is 11.0. The Kier molecular flexibility index (Phi) is 5.01. The van der Waals surface area contributed by atoms with Crippen LogP contribution in [0.25, 0.3) is 0 Å². The lowest BCUT2D eigenvalue weighted by atomic mass is 9.83. The van der Waals surface area contributed by atoms with Crippen molar-refractivity contribution in [2.24, 2.45) is 11.8 Å². The highest BCUT2D eigenvalue weighted by Gasteiger charge is 2.33. The molecule has 1 aliphatic carbocycles. The Bertz CT molecular complexity index is 511. The highest BCUT2D eigenvalue weighted by atomic mass is 35.5. The smallest absolute Gasteiger partial charge is 0.0668 e. The minimum absolute atomic E-state index is 0.00924. The molecule has 0 radical (unpaired) electrons. The molecule has 2 nitrogen and oxygen atoms in total. The molecule has 4 heteroatoms. The van der Waals surface area contributed by atoms with Crippen LogP contribution in [0, 0.1) is 23.2 Å². The van der Waals surface area contributed by atoms with Crippen molar-refractivity contribution in [1.82, 2.24) is 0 Å². The second-order valence-electron chi connectivity index (χ2n) is 5.31. The molecule has 4 atom stereocenters. The van der Waals surface area contributed by atoms with E-state index in [1.54, 1.807) is 0 Å². The number of hydrogen-bond acceptors (Lipinski definition) is 2. The molecule has 0 spiro atoms. The molecule has 1 aliphatic rings. The minimum Gasteiger partial charge on any atom is -0.259 e. The van der Waals surface area contributed by atoms with Gasteiger partial charge in [-0.2, -0.15) is 5.26 Å². The summed E-state index contributed by atoms with van der Waals surface area (Å²) >= 11 is 6.11. The lowest BCUT2D eigenvalue weighted by Crippen LogP contribution is -2.32. The lowest BCUT2D eigenvalue weighted by Gasteiger charge is -2.30. The Hall–Kier alpha value is -0.850. The summed E-state index contributed by atoms with van der Waals surface area (Å²) in [7, 11) is -1.03. The van der Waals surface area contributed by atoms with Gasteiger partial charge in [0.05, 0.1) is 23.0 Å². The van der Waals surface area contributed by atoms with E-state index in [1.165, 1.54) is 0 Å². The molecule has 19 heavy (non-hydrogen) atoms. The van der Waals surface area contributed by atoms with Gasteiger partial charge < -0.3 is 0 Å². The molecule has 0 saturated heterocycles. The first-order chi connectivity index (χ1) is 9.11. The van der Waals surface area contributed by atoms with Crippen LogP contribution in [0.3, 0.4) is 0 Å². The van der Waals surface area contributed by atoms with Gasteiger partial charge in [-0.05, 0) is 36.8 Å². The third kappa shape index (κ3) is 3.58. The van der Waals surface area contributed by atoms with Gasteiger partial charge >= 0.3 is 0 Å². The van der Waals surface area contributed by atoms with E-state index in [4.69, 9.17) is 11.6 Å². The molecule has 0 N–H and O–H groups in total. The molecule has 0 heterocycles. The number of hydrogen-bond donors (Lipinski definition) is 0. The molecule has 1 aromatic carbocycles. The van der Waals surface area contributed by atoms with Gasteiger partial charge in [0.25, 0.3) is 0 Å². The van der Waals surface area contributed by atoms with Gasteiger partial charge in [0.2, 0.25) is 0 Å². The SMILES string of the molecule is CC1CCC(C#N)C(S(=O)Cc2ccccc2Cl)C1. The Morgan fingerprint density at radius 3 is 2.84 bits per heavy atom. The highest BCUT2D eigenvalue weighted by Crippen LogP contribution is 2.33. The van der Waals surface area contributed by atoms with E-state index < -0.39 is 10.8 Å². The van der Waals surface area contributed by atoms with Gasteiger partial charge in [0, 0.05) is 15.8 Å². The van der Waals surface area contributed by atoms with Gasteiger partial charge in [-0.3, -0.25) is 4.21 Å². The van der Waals surface area contributed by atoms with Crippen molar-refractivity contribution in [2.75, 3.05) is 0 Å². The molecule has 102 valence electrons. The first-order valence-corrected chi connectivity index (χ1v) is 8.38. The zero-order chi connectivity index (χ0) is 13.8. The molecule has 0 amide bonds. The molecular formula is C15H18ClNOS. The largest absolute Gasteiger partial charge is 0.259 e. The summed E-state index contributed by atoms with van der Waals surface area (Å²) in [5.41, 5.74) is 0.914. The van der Waals surface area contributed by atoms with Gasteiger partial charge in [-0.15, -0.1) is 0 Å². The van der Waals surface area contributed by atoms with Crippen molar-refractivity contribution in [3.63, 3.8) is 0 Å². The molecule has 2 rings (SSSR count). The van der Waals surface area contributed by atoms with Crippen molar-refractivity contribution in [1.29, 1.82) is 5.26 Å². The Labute approximate surface area is 122 Å². The van der Waals surface area contributed by atoms with Gasteiger partial charge in [0.15, 0.2) is 0 Å². The van der Waals surface area contributed by atoms with Crippen LogP contribution in [0.4, 0.5) is 0 Å². The molecule has 1 fully saturated rings. The van der Waals surface area contributed by atoms with Crippen molar-refractivity contribution < 1.29 is 4.21 Å². The lowest BCUT2D eigenvalue weighted by molar-refractivity contribution is 0.341. The van der Waals surface area contributed by atoms with Crippen molar-refractivity contribution in [2.45, 2.75) is 37.2 Å². The molecule has 0 aromatic heterocycles. The Morgan fingerprint density at radius 2 is 2.16 bits per heavy atom. The van der Waals surface area contributed by atoms with E-state index in [-0.39, 0.29) is 11.2 Å². The van der Waals surface area contributed by atoms with Gasteiger partial charge in [-0.25, -0.2) is 0 Å². The monoisotopic (exact) mass is 295 g/mol. The Balaban J connectivity index is 2.10. The molecular weight excluding hydrogens is 278 g/mol. The molecule has 0 bridgehead atoms. The number of nitriles is 1. The predicted octanol–water partition coefficient (Wildman–Crippen LogP) is 3.92. The van der Waals surface area contributed by atoms with Crippen LogP contribution in [-0.2, 0) is 16.6 Å². The summed E-state index contributed by atoms with van der Waals surface area (Å²) in [4.78, 5) is 0. The maximum atomic E-state index is 12.5. The van der Waals surface area contributed by atoms with Crippen LogP contribution in [0.2, 0.25) is 5.02 Å². The van der Waals surface area contributed by atoms with E-state index in [0.29, 0.717) is 16.7 Å². The van der Waals surface area contributed by atoms with E-state index in [0.717, 1.165) is 24.8 Å². The third-order valence-corrected chi connectivity index (χ3v) is 5.97. The zero-order valence-corrected chi connectivity index (χ0v) is 12.6. The van der Waals surface area contributed by atoms with Crippen LogP contribution in [0.1, 0.15) is 31.7 Å². The van der Waals surface area contributed by atoms with Crippen LogP contribution in [0.5, 0.6) is 0 Å². The molecule has 0 aliphatic heterocycles. The maximum absolute atomic E-state index is 12.5. The fourth-order valence-electron chi connectivity index (χ4n) is 2.64. The van der Waals surface area contributed by atoms with Crippen LogP contribution in [0.15, 0.2) is 24.3 Å². The predicted molar refractivity (Wildman–Crippen MR) is 79.2 cm³/mol. The van der Waals surface area contributed by atoms with E-state index in [2.05, 4.69) is 13.0 Å². The van der Waals surface area contributed by atoms with Crippen LogP contribution >= 0.6 is 11.6 Å². The molecule has 1 saturated carbocycles. The fourth-order valence-corrected chi connectivity index (χ4v) is 4.80. The summed E-state index contributed by atoms with van der Waals surface area (Å²) in [6.07, 6.45) is 2.82. The summed E-state index contributed by atoms with van der Waals surface area (Å²) < 4.78 is 12.5. The van der Waals surface area contributed by atoms with Crippen LogP contribution < -0.4 is 0 Å². The normalized spacial score (nSPS) is 28.6. The second-order valence-corrected chi connectivity index (χ2v) is 7.37. The number of rotatable bonds is 3. The average Bonchev–Trinajstić information content (AvgIpc) is 2.41. The first-order valence-electron chi connectivity index (χ1n) is 6.62. The molecule has 4 unspecified atom stereocenters. The second kappa shape index (κ2) is 6.54. The van der Waals surface area contributed by atoms with Crippen molar-refractivity contribution in [3.8, 4) is 6.07 Å². The third-order valence-electron chi connectivity index (χ3n) is 3.81. The number of nitrogens with zero attached hydrogens (tertiary/aromatic N) is 1. The van der Waals surface area contributed by atoms with E-state index in [9.17, 15) is 9.47 Å². The maximum Gasteiger partial charge on any atom is 0.0668 e. The van der Waals surface area contributed by atoms with Crippen molar-refractivity contribution in [3.05, 3.63) is 34.9 Å². The van der Waals surface area contributed by atoms with Crippen LogP contribution in [-0.4, -0.2) is 9.46 Å². The Morgan fingerprint density at radius 1 is 1.42 bits per heavy atom. The summed E-state index contributed by atoms with van der Waals surface area (Å²) in [6, 6.07) is 9.84. The number of halogens is 1. The topological polar surface area (TPSA) is 40.9 Å². The van der Waals surface area contributed by atoms with E-state index in [1.807, 2.05) is 24.3 Å². The highest BCUT2D eigenvalue weighted by molar-refractivity contribution is 7.84. The summed E-state index contributed by atoms with van der Waals surface area (Å²) in [5.74, 6) is 0.944. The minimum atomic E-state index is -1.03. The van der Waals surface area contributed by atoms with Gasteiger partial charge in [-0.1, -0.05) is 36.7 Å².